The molecule has 1 aliphatic rings. The molecule has 1 amide bonds. The van der Waals surface area contributed by atoms with Crippen LogP contribution in [0.1, 0.15) is 46.4 Å². The van der Waals surface area contributed by atoms with E-state index in [0.29, 0.717) is 17.0 Å². The normalized spacial score (nSPS) is 14.3. The van der Waals surface area contributed by atoms with Gasteiger partial charge in [0.1, 0.15) is 5.75 Å². The Kier molecular flexibility index (Phi) is 4.79. The van der Waals surface area contributed by atoms with E-state index in [-0.39, 0.29) is 17.6 Å². The third-order valence-electron chi connectivity index (χ3n) is 4.13. The third kappa shape index (κ3) is 3.74. The van der Waals surface area contributed by atoms with E-state index in [1.165, 1.54) is 37.1 Å². The zero-order valence-electron chi connectivity index (χ0n) is 13.2. The molecule has 0 bridgehead atoms. The standard InChI is InChI=1S/C19H19NO4/c21-18(13-9-11-14(12-10-13)19(22)23)20-16-7-3-4-8-17(16)24-15-5-1-2-6-15/h3-4,7-12,15H,1-2,5-6H2,(H,20,21)(H,22,23). The summed E-state index contributed by atoms with van der Waals surface area (Å²) in [7, 11) is 0. The van der Waals surface area contributed by atoms with Gasteiger partial charge < -0.3 is 15.2 Å². The second kappa shape index (κ2) is 7.17. The number of carbonyl (C=O) groups excluding carboxylic acids is 1. The van der Waals surface area contributed by atoms with Gasteiger partial charge in [0.05, 0.1) is 17.4 Å². The van der Waals surface area contributed by atoms with Gasteiger partial charge in [0.2, 0.25) is 0 Å². The molecular formula is C19H19NO4. The molecule has 2 N–H and O–H groups in total. The summed E-state index contributed by atoms with van der Waals surface area (Å²) in [5.74, 6) is -0.647. The summed E-state index contributed by atoms with van der Waals surface area (Å²) < 4.78 is 6.00. The van der Waals surface area contributed by atoms with Crippen LogP contribution in [0.3, 0.4) is 0 Å². The fourth-order valence-corrected chi connectivity index (χ4v) is 2.82. The molecule has 0 aromatic heterocycles. The van der Waals surface area contributed by atoms with Crippen LogP contribution in [0.4, 0.5) is 5.69 Å². The smallest absolute Gasteiger partial charge is 0.335 e. The van der Waals surface area contributed by atoms with Crippen molar-refractivity contribution < 1.29 is 19.4 Å². The Morgan fingerprint density at radius 1 is 0.958 bits per heavy atom. The Labute approximate surface area is 140 Å². The average Bonchev–Trinajstić information content (AvgIpc) is 3.10. The fraction of sp³-hybridized carbons (Fsp3) is 0.263. The molecule has 0 heterocycles. The minimum absolute atomic E-state index is 0.150. The average molecular weight is 325 g/mol. The number of benzene rings is 2. The van der Waals surface area contributed by atoms with Gasteiger partial charge in [0, 0.05) is 5.56 Å². The van der Waals surface area contributed by atoms with Crippen molar-refractivity contribution in [3.8, 4) is 5.75 Å². The van der Waals surface area contributed by atoms with Crippen LogP contribution in [0.2, 0.25) is 0 Å². The van der Waals surface area contributed by atoms with Gasteiger partial charge in [-0.2, -0.15) is 0 Å². The SMILES string of the molecule is O=C(O)c1ccc(C(=O)Nc2ccccc2OC2CCCC2)cc1. The van der Waals surface area contributed by atoms with E-state index in [4.69, 9.17) is 9.84 Å². The molecule has 1 saturated carbocycles. The lowest BCUT2D eigenvalue weighted by Gasteiger charge is -2.17. The molecule has 0 aliphatic heterocycles. The predicted octanol–water partition coefficient (Wildman–Crippen LogP) is 3.96. The van der Waals surface area contributed by atoms with Gasteiger partial charge in [-0.05, 0) is 62.1 Å². The molecule has 2 aromatic carbocycles. The maximum atomic E-state index is 12.4. The molecule has 1 fully saturated rings. The van der Waals surface area contributed by atoms with Crippen molar-refractivity contribution in [2.75, 3.05) is 5.32 Å². The van der Waals surface area contributed by atoms with Gasteiger partial charge in [-0.15, -0.1) is 0 Å². The lowest BCUT2D eigenvalue weighted by atomic mass is 10.1. The first-order valence-electron chi connectivity index (χ1n) is 8.04. The maximum Gasteiger partial charge on any atom is 0.335 e. The molecule has 5 nitrogen and oxygen atoms in total. The largest absolute Gasteiger partial charge is 0.488 e. The first kappa shape index (κ1) is 16.1. The Morgan fingerprint density at radius 2 is 1.58 bits per heavy atom. The summed E-state index contributed by atoms with van der Waals surface area (Å²) in [4.78, 5) is 23.2. The molecular weight excluding hydrogens is 306 g/mol. The molecule has 124 valence electrons. The molecule has 3 rings (SSSR count). The van der Waals surface area contributed by atoms with Gasteiger partial charge >= 0.3 is 5.97 Å². The Hall–Kier alpha value is -2.82. The molecule has 0 saturated heterocycles. The van der Waals surface area contributed by atoms with Gasteiger partial charge in [-0.3, -0.25) is 4.79 Å². The zero-order valence-corrected chi connectivity index (χ0v) is 13.2. The lowest BCUT2D eigenvalue weighted by molar-refractivity contribution is 0.0696. The van der Waals surface area contributed by atoms with Crippen molar-refractivity contribution in [3.63, 3.8) is 0 Å². The highest BCUT2D eigenvalue weighted by Crippen LogP contribution is 2.30. The van der Waals surface area contributed by atoms with Crippen LogP contribution in [-0.2, 0) is 0 Å². The van der Waals surface area contributed by atoms with Crippen LogP contribution in [0.15, 0.2) is 48.5 Å². The van der Waals surface area contributed by atoms with Crippen molar-refractivity contribution >= 4 is 17.6 Å². The van der Waals surface area contributed by atoms with Crippen LogP contribution < -0.4 is 10.1 Å². The van der Waals surface area contributed by atoms with E-state index in [1.54, 1.807) is 6.07 Å². The Bertz CT molecular complexity index is 733. The number of hydrogen-bond acceptors (Lipinski definition) is 3. The molecule has 0 unspecified atom stereocenters. The summed E-state index contributed by atoms with van der Waals surface area (Å²) in [5, 5.41) is 11.7. The van der Waals surface area contributed by atoms with Crippen molar-refractivity contribution in [2.24, 2.45) is 0 Å². The monoisotopic (exact) mass is 325 g/mol. The number of hydrogen-bond donors (Lipinski definition) is 2. The first-order valence-corrected chi connectivity index (χ1v) is 8.04. The summed E-state index contributed by atoms with van der Waals surface area (Å²) in [6.45, 7) is 0. The quantitative estimate of drug-likeness (QED) is 0.872. The molecule has 1 aliphatic carbocycles. The first-order chi connectivity index (χ1) is 11.6. The number of para-hydroxylation sites is 2. The van der Waals surface area contributed by atoms with E-state index < -0.39 is 5.97 Å². The number of amides is 1. The third-order valence-corrected chi connectivity index (χ3v) is 4.13. The topological polar surface area (TPSA) is 75.6 Å². The zero-order chi connectivity index (χ0) is 16.9. The minimum atomic E-state index is -1.02. The molecule has 0 radical (unpaired) electrons. The molecule has 0 atom stereocenters. The van der Waals surface area contributed by atoms with Crippen molar-refractivity contribution in [1.82, 2.24) is 0 Å². The van der Waals surface area contributed by atoms with E-state index in [1.807, 2.05) is 18.2 Å². The van der Waals surface area contributed by atoms with Gasteiger partial charge in [0.25, 0.3) is 5.91 Å². The number of ether oxygens (including phenoxy) is 1. The highest BCUT2D eigenvalue weighted by atomic mass is 16.5. The number of anilines is 1. The minimum Gasteiger partial charge on any atom is -0.488 e. The molecule has 0 spiro atoms. The molecule has 5 heteroatoms. The number of nitrogens with one attached hydrogen (secondary N) is 1. The second-order valence-electron chi connectivity index (χ2n) is 5.86. The van der Waals surface area contributed by atoms with Crippen molar-refractivity contribution in [3.05, 3.63) is 59.7 Å². The van der Waals surface area contributed by atoms with Gasteiger partial charge in [-0.1, -0.05) is 12.1 Å². The van der Waals surface area contributed by atoms with Gasteiger partial charge in [-0.25, -0.2) is 4.79 Å². The van der Waals surface area contributed by atoms with E-state index in [2.05, 4.69) is 5.32 Å². The highest BCUT2D eigenvalue weighted by Gasteiger charge is 2.18. The highest BCUT2D eigenvalue weighted by molar-refractivity contribution is 6.05. The van der Waals surface area contributed by atoms with Crippen LogP contribution >= 0.6 is 0 Å². The van der Waals surface area contributed by atoms with Crippen LogP contribution in [0.5, 0.6) is 5.75 Å². The van der Waals surface area contributed by atoms with Crippen LogP contribution in [0, 0.1) is 0 Å². The summed E-state index contributed by atoms with van der Waals surface area (Å²) in [5.41, 5.74) is 1.17. The summed E-state index contributed by atoms with van der Waals surface area (Å²) in [6.07, 6.45) is 4.64. The number of carboxylic acid groups (broad SMARTS) is 1. The van der Waals surface area contributed by atoms with Gasteiger partial charge in [0.15, 0.2) is 0 Å². The number of carbonyl (C=O) groups is 2. The maximum absolute atomic E-state index is 12.4. The Morgan fingerprint density at radius 3 is 2.25 bits per heavy atom. The van der Waals surface area contributed by atoms with Crippen LogP contribution in [-0.4, -0.2) is 23.1 Å². The summed E-state index contributed by atoms with van der Waals surface area (Å²) >= 11 is 0. The van der Waals surface area contributed by atoms with Crippen molar-refractivity contribution in [1.29, 1.82) is 0 Å². The van der Waals surface area contributed by atoms with E-state index in [0.717, 1.165) is 12.8 Å². The summed E-state index contributed by atoms with van der Waals surface area (Å²) in [6, 6.07) is 13.2. The molecule has 2 aromatic rings. The number of rotatable bonds is 5. The van der Waals surface area contributed by atoms with Crippen LogP contribution in [0.25, 0.3) is 0 Å². The van der Waals surface area contributed by atoms with Crippen molar-refractivity contribution in [2.45, 2.75) is 31.8 Å². The van der Waals surface area contributed by atoms with E-state index >= 15 is 0 Å². The molecule has 24 heavy (non-hydrogen) atoms. The Balaban J connectivity index is 1.72. The number of aromatic carboxylic acids is 1. The van der Waals surface area contributed by atoms with E-state index in [9.17, 15) is 9.59 Å². The number of carboxylic acids is 1. The predicted molar refractivity (Wildman–Crippen MR) is 90.7 cm³/mol. The fourth-order valence-electron chi connectivity index (χ4n) is 2.82. The lowest BCUT2D eigenvalue weighted by Crippen LogP contribution is -2.16. The second-order valence-corrected chi connectivity index (χ2v) is 5.86.